The standard InChI is InChI=1S/C17H26N2/c1-4-8-16(9-5-2)19-13-12-15-10-6-7-11-17(15)18-14(19)3/h6-7,10-11,16,18H,3-5,8-9,12-13H2,1-2H3. The van der Waals surface area contributed by atoms with Gasteiger partial charge in [0.05, 0.1) is 5.82 Å². The maximum atomic E-state index is 4.25. The van der Waals surface area contributed by atoms with Gasteiger partial charge in [-0.3, -0.25) is 0 Å². The summed E-state index contributed by atoms with van der Waals surface area (Å²) in [5.74, 6) is 1.07. The van der Waals surface area contributed by atoms with Crippen molar-refractivity contribution in [2.45, 2.75) is 52.0 Å². The van der Waals surface area contributed by atoms with Crippen LogP contribution >= 0.6 is 0 Å². The number of fused-ring (bicyclic) bond motifs is 1. The Kier molecular flexibility index (Phi) is 4.89. The minimum atomic E-state index is 0.629. The lowest BCUT2D eigenvalue weighted by molar-refractivity contribution is 0.233. The second kappa shape index (κ2) is 6.65. The highest BCUT2D eigenvalue weighted by Gasteiger charge is 2.21. The van der Waals surface area contributed by atoms with E-state index in [1.165, 1.54) is 36.9 Å². The van der Waals surface area contributed by atoms with Crippen molar-refractivity contribution in [3.63, 3.8) is 0 Å². The van der Waals surface area contributed by atoms with Gasteiger partial charge in [0.2, 0.25) is 0 Å². The lowest BCUT2D eigenvalue weighted by atomic mass is 10.0. The molecular formula is C17H26N2. The molecular weight excluding hydrogens is 232 g/mol. The van der Waals surface area contributed by atoms with Crippen molar-refractivity contribution in [2.24, 2.45) is 0 Å². The van der Waals surface area contributed by atoms with Crippen molar-refractivity contribution >= 4 is 5.69 Å². The second-order valence-corrected chi connectivity index (χ2v) is 5.40. The summed E-state index contributed by atoms with van der Waals surface area (Å²) in [4.78, 5) is 2.48. The van der Waals surface area contributed by atoms with Gasteiger partial charge in [-0.2, -0.15) is 0 Å². The lowest BCUT2D eigenvalue weighted by Crippen LogP contribution is -2.36. The average Bonchev–Trinajstić information content (AvgIpc) is 2.57. The summed E-state index contributed by atoms with van der Waals surface area (Å²) in [5.41, 5.74) is 2.62. The van der Waals surface area contributed by atoms with Crippen LogP contribution in [0.4, 0.5) is 5.69 Å². The molecule has 2 rings (SSSR count). The van der Waals surface area contributed by atoms with Crippen molar-refractivity contribution < 1.29 is 0 Å². The molecule has 2 heteroatoms. The summed E-state index contributed by atoms with van der Waals surface area (Å²) in [7, 11) is 0. The Bertz CT molecular complexity index is 419. The maximum absolute atomic E-state index is 4.25. The minimum Gasteiger partial charge on any atom is -0.355 e. The molecule has 0 saturated heterocycles. The third-order valence-corrected chi connectivity index (χ3v) is 3.95. The topological polar surface area (TPSA) is 15.3 Å². The molecule has 1 N–H and O–H groups in total. The van der Waals surface area contributed by atoms with Gasteiger partial charge < -0.3 is 10.2 Å². The molecule has 104 valence electrons. The number of benzene rings is 1. The molecule has 0 amide bonds. The molecule has 0 radical (unpaired) electrons. The van der Waals surface area contributed by atoms with Gasteiger partial charge in [0.15, 0.2) is 0 Å². The molecule has 0 unspecified atom stereocenters. The van der Waals surface area contributed by atoms with Gasteiger partial charge in [-0.15, -0.1) is 0 Å². The highest BCUT2D eigenvalue weighted by molar-refractivity contribution is 5.55. The molecule has 2 nitrogen and oxygen atoms in total. The van der Waals surface area contributed by atoms with E-state index >= 15 is 0 Å². The van der Waals surface area contributed by atoms with Gasteiger partial charge >= 0.3 is 0 Å². The van der Waals surface area contributed by atoms with Crippen LogP contribution in [0.5, 0.6) is 0 Å². The van der Waals surface area contributed by atoms with Crippen molar-refractivity contribution in [2.75, 3.05) is 11.9 Å². The van der Waals surface area contributed by atoms with Crippen LogP contribution in [0.2, 0.25) is 0 Å². The minimum absolute atomic E-state index is 0.629. The highest BCUT2D eigenvalue weighted by Crippen LogP contribution is 2.26. The van der Waals surface area contributed by atoms with Crippen LogP contribution in [0.1, 0.15) is 45.1 Å². The Morgan fingerprint density at radius 1 is 1.21 bits per heavy atom. The third kappa shape index (κ3) is 3.31. The first-order chi connectivity index (χ1) is 9.26. The quantitative estimate of drug-likeness (QED) is 0.842. The Morgan fingerprint density at radius 3 is 2.58 bits per heavy atom. The molecule has 0 saturated carbocycles. The zero-order valence-corrected chi connectivity index (χ0v) is 12.3. The van der Waals surface area contributed by atoms with Gasteiger partial charge in [0.25, 0.3) is 0 Å². The first-order valence-electron chi connectivity index (χ1n) is 7.56. The van der Waals surface area contributed by atoms with Crippen molar-refractivity contribution in [1.82, 2.24) is 4.90 Å². The second-order valence-electron chi connectivity index (χ2n) is 5.40. The molecule has 19 heavy (non-hydrogen) atoms. The Hall–Kier alpha value is -1.44. The molecule has 0 aromatic heterocycles. The summed E-state index contributed by atoms with van der Waals surface area (Å²) < 4.78 is 0. The van der Waals surface area contributed by atoms with Gasteiger partial charge in [-0.05, 0) is 30.9 Å². The van der Waals surface area contributed by atoms with E-state index in [-0.39, 0.29) is 0 Å². The predicted molar refractivity (Wildman–Crippen MR) is 83.2 cm³/mol. The van der Waals surface area contributed by atoms with Crippen LogP contribution in [0, 0.1) is 0 Å². The monoisotopic (exact) mass is 258 g/mol. The Balaban J connectivity index is 2.14. The predicted octanol–water partition coefficient (Wildman–Crippen LogP) is 4.40. The van der Waals surface area contributed by atoms with Crippen LogP contribution in [0.3, 0.4) is 0 Å². The van der Waals surface area contributed by atoms with Crippen molar-refractivity contribution in [3.05, 3.63) is 42.2 Å². The van der Waals surface area contributed by atoms with E-state index in [4.69, 9.17) is 0 Å². The van der Waals surface area contributed by atoms with Gasteiger partial charge in [0, 0.05) is 18.3 Å². The lowest BCUT2D eigenvalue weighted by Gasteiger charge is -2.33. The number of anilines is 1. The Labute approximate surface area is 117 Å². The maximum Gasteiger partial charge on any atom is 0.0986 e. The summed E-state index contributed by atoms with van der Waals surface area (Å²) in [6, 6.07) is 9.20. The number of hydrogen-bond donors (Lipinski definition) is 1. The number of rotatable bonds is 5. The number of nitrogens with one attached hydrogen (secondary N) is 1. The van der Waals surface area contributed by atoms with E-state index in [1.54, 1.807) is 0 Å². The molecule has 0 bridgehead atoms. The van der Waals surface area contributed by atoms with E-state index in [0.717, 1.165) is 18.8 Å². The fourth-order valence-electron chi connectivity index (χ4n) is 2.99. The third-order valence-electron chi connectivity index (χ3n) is 3.95. The average molecular weight is 258 g/mol. The molecule has 0 fully saturated rings. The van der Waals surface area contributed by atoms with Crippen molar-refractivity contribution in [3.8, 4) is 0 Å². The number of hydrogen-bond acceptors (Lipinski definition) is 2. The first-order valence-corrected chi connectivity index (χ1v) is 7.56. The van der Waals surface area contributed by atoms with Crippen LogP contribution in [0.15, 0.2) is 36.7 Å². The summed E-state index contributed by atoms with van der Waals surface area (Å²) >= 11 is 0. The number of nitrogens with zero attached hydrogens (tertiary/aromatic N) is 1. The van der Waals surface area contributed by atoms with E-state index in [2.05, 4.69) is 54.9 Å². The zero-order chi connectivity index (χ0) is 13.7. The number of para-hydroxylation sites is 1. The molecule has 1 aliphatic rings. The molecule has 1 aromatic carbocycles. The normalized spacial score (nSPS) is 15.1. The SMILES string of the molecule is C=C1Nc2ccccc2CCN1C(CCC)CCC. The largest absolute Gasteiger partial charge is 0.355 e. The molecule has 0 aliphatic carbocycles. The summed E-state index contributed by atoms with van der Waals surface area (Å²) in [5, 5.41) is 3.50. The van der Waals surface area contributed by atoms with E-state index in [1.807, 2.05) is 0 Å². The van der Waals surface area contributed by atoms with Gasteiger partial charge in [-0.1, -0.05) is 51.5 Å². The van der Waals surface area contributed by atoms with Crippen molar-refractivity contribution in [1.29, 1.82) is 0 Å². The summed E-state index contributed by atoms with van der Waals surface area (Å²) in [6.07, 6.45) is 6.09. The van der Waals surface area contributed by atoms with Crippen LogP contribution in [0.25, 0.3) is 0 Å². The van der Waals surface area contributed by atoms with E-state index < -0.39 is 0 Å². The molecule has 0 spiro atoms. The van der Waals surface area contributed by atoms with Crippen LogP contribution in [-0.2, 0) is 6.42 Å². The molecule has 1 heterocycles. The molecule has 1 aliphatic heterocycles. The first kappa shape index (κ1) is 14.0. The van der Waals surface area contributed by atoms with Gasteiger partial charge in [0.1, 0.15) is 0 Å². The highest BCUT2D eigenvalue weighted by atomic mass is 15.3. The zero-order valence-electron chi connectivity index (χ0n) is 12.3. The fraction of sp³-hybridized carbons (Fsp3) is 0.529. The van der Waals surface area contributed by atoms with E-state index in [9.17, 15) is 0 Å². The Morgan fingerprint density at radius 2 is 1.89 bits per heavy atom. The van der Waals surface area contributed by atoms with E-state index in [0.29, 0.717) is 6.04 Å². The molecule has 0 atom stereocenters. The molecule has 1 aromatic rings. The van der Waals surface area contributed by atoms with Crippen LogP contribution in [-0.4, -0.2) is 17.5 Å². The fourth-order valence-corrected chi connectivity index (χ4v) is 2.99. The summed E-state index contributed by atoms with van der Waals surface area (Å²) in [6.45, 7) is 9.87. The van der Waals surface area contributed by atoms with Gasteiger partial charge in [-0.25, -0.2) is 0 Å². The smallest absolute Gasteiger partial charge is 0.0986 e. The van der Waals surface area contributed by atoms with Crippen LogP contribution < -0.4 is 5.32 Å².